The molecule has 0 amide bonds. The maximum Gasteiger partial charge on any atom is 0.227 e. The number of nitrogens with one attached hydrogen (secondary N) is 1. The SMILES string of the molecule is CNCCc1cn(C(C)=O)c2ccccc12. The van der Waals surface area contributed by atoms with E-state index in [-0.39, 0.29) is 5.91 Å². The minimum Gasteiger partial charge on any atom is -0.319 e. The van der Waals surface area contributed by atoms with E-state index in [0.717, 1.165) is 18.5 Å². The van der Waals surface area contributed by atoms with Crippen molar-refractivity contribution in [1.82, 2.24) is 9.88 Å². The lowest BCUT2D eigenvalue weighted by Gasteiger charge is -1.97. The van der Waals surface area contributed by atoms with Crippen LogP contribution in [0.3, 0.4) is 0 Å². The first-order valence-corrected chi connectivity index (χ1v) is 5.48. The largest absolute Gasteiger partial charge is 0.319 e. The fraction of sp³-hybridized carbons (Fsp3) is 0.308. The average Bonchev–Trinajstić information content (AvgIpc) is 2.65. The number of carbonyl (C=O) groups excluding carboxylic acids is 1. The predicted octanol–water partition coefficient (Wildman–Crippen LogP) is 2.06. The van der Waals surface area contributed by atoms with Crippen LogP contribution in [0.15, 0.2) is 30.5 Å². The minimum absolute atomic E-state index is 0.0620. The summed E-state index contributed by atoms with van der Waals surface area (Å²) in [7, 11) is 1.93. The molecule has 1 N–H and O–H groups in total. The van der Waals surface area contributed by atoms with Gasteiger partial charge in [-0.3, -0.25) is 9.36 Å². The van der Waals surface area contributed by atoms with Gasteiger partial charge < -0.3 is 5.32 Å². The molecule has 2 aromatic rings. The maximum atomic E-state index is 11.5. The summed E-state index contributed by atoms with van der Waals surface area (Å²) in [5.74, 6) is 0.0620. The molecule has 0 spiro atoms. The van der Waals surface area contributed by atoms with Gasteiger partial charge in [0.05, 0.1) is 5.52 Å². The second kappa shape index (κ2) is 4.49. The van der Waals surface area contributed by atoms with E-state index in [9.17, 15) is 4.79 Å². The lowest BCUT2D eigenvalue weighted by Crippen LogP contribution is -2.10. The highest BCUT2D eigenvalue weighted by Gasteiger charge is 2.09. The van der Waals surface area contributed by atoms with E-state index >= 15 is 0 Å². The van der Waals surface area contributed by atoms with E-state index in [4.69, 9.17) is 0 Å². The Kier molecular flexibility index (Phi) is 3.06. The van der Waals surface area contributed by atoms with E-state index in [1.807, 2.05) is 31.4 Å². The van der Waals surface area contributed by atoms with Crippen LogP contribution in [0, 0.1) is 0 Å². The zero-order chi connectivity index (χ0) is 11.5. The van der Waals surface area contributed by atoms with Crippen molar-refractivity contribution in [1.29, 1.82) is 0 Å². The average molecular weight is 216 g/mol. The summed E-state index contributed by atoms with van der Waals surface area (Å²) in [5, 5.41) is 4.30. The Bertz CT molecular complexity index is 514. The van der Waals surface area contributed by atoms with Crippen LogP contribution in [-0.2, 0) is 6.42 Å². The summed E-state index contributed by atoms with van der Waals surface area (Å²) in [6.45, 7) is 2.51. The van der Waals surface area contributed by atoms with E-state index in [1.165, 1.54) is 10.9 Å². The molecule has 0 aliphatic carbocycles. The first-order valence-electron chi connectivity index (χ1n) is 5.48. The number of fused-ring (bicyclic) bond motifs is 1. The molecule has 3 heteroatoms. The van der Waals surface area contributed by atoms with Crippen molar-refractivity contribution < 1.29 is 4.79 Å². The molecule has 0 aliphatic heterocycles. The molecular formula is C13H16N2O. The number of likely N-dealkylation sites (N-methyl/N-ethyl adjacent to an activating group) is 1. The fourth-order valence-electron chi connectivity index (χ4n) is 1.97. The standard InChI is InChI=1S/C13H16N2O/c1-10(16)15-9-11(7-8-14-2)12-5-3-4-6-13(12)15/h3-6,9,14H,7-8H2,1-2H3. The quantitative estimate of drug-likeness (QED) is 0.852. The van der Waals surface area contributed by atoms with Gasteiger partial charge in [-0.15, -0.1) is 0 Å². The molecule has 3 nitrogen and oxygen atoms in total. The number of hydrogen-bond acceptors (Lipinski definition) is 2. The summed E-state index contributed by atoms with van der Waals surface area (Å²) in [6.07, 6.45) is 2.89. The van der Waals surface area contributed by atoms with Crippen LogP contribution >= 0.6 is 0 Å². The van der Waals surface area contributed by atoms with Gasteiger partial charge in [0.15, 0.2) is 0 Å². The Hall–Kier alpha value is -1.61. The number of rotatable bonds is 3. The molecule has 1 aromatic heterocycles. The molecule has 0 atom stereocenters. The van der Waals surface area contributed by atoms with Crippen LogP contribution in [0.1, 0.15) is 17.3 Å². The van der Waals surface area contributed by atoms with Gasteiger partial charge in [0.25, 0.3) is 0 Å². The first kappa shape index (κ1) is 10.9. The van der Waals surface area contributed by atoms with Gasteiger partial charge in [0, 0.05) is 18.5 Å². The number of aromatic nitrogens is 1. The number of nitrogens with zero attached hydrogens (tertiary/aromatic N) is 1. The molecule has 0 radical (unpaired) electrons. The molecule has 0 bridgehead atoms. The predicted molar refractivity (Wildman–Crippen MR) is 65.9 cm³/mol. The van der Waals surface area contributed by atoms with Crippen molar-refractivity contribution in [3.8, 4) is 0 Å². The highest BCUT2D eigenvalue weighted by molar-refractivity contribution is 5.93. The Morgan fingerprint density at radius 1 is 1.38 bits per heavy atom. The van der Waals surface area contributed by atoms with E-state index in [1.54, 1.807) is 11.5 Å². The molecule has 1 heterocycles. The smallest absolute Gasteiger partial charge is 0.227 e. The highest BCUT2D eigenvalue weighted by atomic mass is 16.1. The molecule has 1 aromatic carbocycles. The van der Waals surface area contributed by atoms with E-state index in [2.05, 4.69) is 11.4 Å². The molecule has 2 rings (SSSR count). The zero-order valence-electron chi connectivity index (χ0n) is 9.66. The third-order valence-electron chi connectivity index (χ3n) is 2.78. The van der Waals surface area contributed by atoms with Crippen LogP contribution < -0.4 is 5.32 Å². The molecule has 84 valence electrons. The molecule has 0 saturated heterocycles. The normalized spacial score (nSPS) is 10.9. The van der Waals surface area contributed by atoms with Crippen LogP contribution in [0.4, 0.5) is 0 Å². The van der Waals surface area contributed by atoms with Crippen molar-refractivity contribution >= 4 is 16.8 Å². The van der Waals surface area contributed by atoms with Crippen molar-refractivity contribution in [2.24, 2.45) is 0 Å². The maximum absolute atomic E-state index is 11.5. The second-order valence-electron chi connectivity index (χ2n) is 3.91. The lowest BCUT2D eigenvalue weighted by atomic mass is 10.1. The van der Waals surface area contributed by atoms with Crippen LogP contribution in [-0.4, -0.2) is 24.1 Å². The zero-order valence-corrected chi connectivity index (χ0v) is 9.66. The van der Waals surface area contributed by atoms with Gasteiger partial charge in [-0.05, 0) is 31.6 Å². The Balaban J connectivity index is 2.53. The molecule has 0 aliphatic rings. The van der Waals surface area contributed by atoms with E-state index in [0.29, 0.717) is 0 Å². The third-order valence-corrected chi connectivity index (χ3v) is 2.78. The monoisotopic (exact) mass is 216 g/mol. The molecule has 16 heavy (non-hydrogen) atoms. The van der Waals surface area contributed by atoms with Crippen LogP contribution in [0.5, 0.6) is 0 Å². The third kappa shape index (κ3) is 1.86. The van der Waals surface area contributed by atoms with Gasteiger partial charge in [0.1, 0.15) is 0 Å². The van der Waals surface area contributed by atoms with Gasteiger partial charge in [-0.1, -0.05) is 18.2 Å². The van der Waals surface area contributed by atoms with Crippen LogP contribution in [0.2, 0.25) is 0 Å². The first-order chi connectivity index (χ1) is 7.74. The Labute approximate surface area is 95.1 Å². The van der Waals surface area contributed by atoms with Crippen molar-refractivity contribution in [3.63, 3.8) is 0 Å². The number of carbonyl (C=O) groups is 1. The minimum atomic E-state index is 0.0620. The number of benzene rings is 1. The molecule has 0 fully saturated rings. The molecular weight excluding hydrogens is 200 g/mol. The molecule has 0 saturated carbocycles. The fourth-order valence-corrected chi connectivity index (χ4v) is 1.97. The summed E-state index contributed by atoms with van der Waals surface area (Å²) in [4.78, 5) is 11.5. The summed E-state index contributed by atoms with van der Waals surface area (Å²) >= 11 is 0. The highest BCUT2D eigenvalue weighted by Crippen LogP contribution is 2.21. The number of hydrogen-bond donors (Lipinski definition) is 1. The van der Waals surface area contributed by atoms with Crippen molar-refractivity contribution in [2.75, 3.05) is 13.6 Å². The summed E-state index contributed by atoms with van der Waals surface area (Å²) in [6, 6.07) is 8.03. The summed E-state index contributed by atoms with van der Waals surface area (Å²) < 4.78 is 1.72. The van der Waals surface area contributed by atoms with Crippen molar-refractivity contribution in [3.05, 3.63) is 36.0 Å². The summed E-state index contributed by atoms with van der Waals surface area (Å²) in [5.41, 5.74) is 2.22. The topological polar surface area (TPSA) is 34.0 Å². The van der Waals surface area contributed by atoms with Gasteiger partial charge in [0.2, 0.25) is 5.91 Å². The Morgan fingerprint density at radius 2 is 2.12 bits per heavy atom. The second-order valence-corrected chi connectivity index (χ2v) is 3.91. The van der Waals surface area contributed by atoms with Crippen LogP contribution in [0.25, 0.3) is 10.9 Å². The van der Waals surface area contributed by atoms with Gasteiger partial charge >= 0.3 is 0 Å². The van der Waals surface area contributed by atoms with Gasteiger partial charge in [-0.25, -0.2) is 0 Å². The lowest BCUT2D eigenvalue weighted by molar-refractivity contribution is 0.0941. The Morgan fingerprint density at radius 3 is 2.81 bits per heavy atom. The number of para-hydroxylation sites is 1. The van der Waals surface area contributed by atoms with Gasteiger partial charge in [-0.2, -0.15) is 0 Å². The molecule has 0 unspecified atom stereocenters. The van der Waals surface area contributed by atoms with E-state index < -0.39 is 0 Å². The van der Waals surface area contributed by atoms with Crippen molar-refractivity contribution in [2.45, 2.75) is 13.3 Å².